The number of carbonyl (C=O) groups is 2. The van der Waals surface area contributed by atoms with Crippen molar-refractivity contribution in [2.75, 3.05) is 20.7 Å². The molecule has 0 radical (unpaired) electrons. The van der Waals surface area contributed by atoms with Gasteiger partial charge >= 0.3 is 0 Å². The summed E-state index contributed by atoms with van der Waals surface area (Å²) in [6.45, 7) is 0.576. The van der Waals surface area contributed by atoms with Crippen molar-refractivity contribution in [1.82, 2.24) is 4.90 Å². The highest BCUT2D eigenvalue weighted by Crippen LogP contribution is 2.28. The van der Waals surface area contributed by atoms with Gasteiger partial charge in [-0.2, -0.15) is 0 Å². The molecule has 1 atom stereocenters. The first-order valence-corrected chi connectivity index (χ1v) is 5.70. The highest BCUT2D eigenvalue weighted by molar-refractivity contribution is 6.12. The predicted molar refractivity (Wildman–Crippen MR) is 64.7 cm³/mol. The Morgan fingerprint density at radius 1 is 1.50 bits per heavy atom. The Morgan fingerprint density at radius 2 is 2.22 bits per heavy atom. The van der Waals surface area contributed by atoms with Gasteiger partial charge in [0, 0.05) is 19.7 Å². The number of likely N-dealkylation sites (tertiary alicyclic amines) is 1. The average Bonchev–Trinajstić information content (AvgIpc) is 2.69. The molecule has 0 saturated carbocycles. The van der Waals surface area contributed by atoms with E-state index in [1.54, 1.807) is 13.1 Å². The van der Waals surface area contributed by atoms with Crippen molar-refractivity contribution in [3.8, 4) is 11.5 Å². The maximum atomic E-state index is 12.2. The SMILES string of the molecule is COc1ccc(C(=O)C2CCN(C)C2=O)c(O)c1. The van der Waals surface area contributed by atoms with E-state index in [0.29, 0.717) is 18.7 Å². The second-order valence-corrected chi connectivity index (χ2v) is 4.35. The van der Waals surface area contributed by atoms with Gasteiger partial charge in [0.2, 0.25) is 5.91 Å². The smallest absolute Gasteiger partial charge is 0.233 e. The standard InChI is InChI=1S/C13H15NO4/c1-14-6-5-10(13(14)17)12(16)9-4-3-8(18-2)7-11(9)15/h3-4,7,10,15H,5-6H2,1-2H3. The zero-order valence-corrected chi connectivity index (χ0v) is 10.3. The number of rotatable bonds is 3. The third-order valence-electron chi connectivity index (χ3n) is 3.21. The van der Waals surface area contributed by atoms with Crippen molar-refractivity contribution in [3.63, 3.8) is 0 Å². The van der Waals surface area contributed by atoms with Gasteiger partial charge in [-0.3, -0.25) is 9.59 Å². The minimum atomic E-state index is -0.672. The summed E-state index contributed by atoms with van der Waals surface area (Å²) in [5.74, 6) is -0.866. The van der Waals surface area contributed by atoms with E-state index in [9.17, 15) is 14.7 Å². The van der Waals surface area contributed by atoms with Crippen LogP contribution in [-0.4, -0.2) is 42.4 Å². The van der Waals surface area contributed by atoms with Gasteiger partial charge in [-0.25, -0.2) is 0 Å². The molecule has 5 nitrogen and oxygen atoms in total. The van der Waals surface area contributed by atoms with Crippen LogP contribution in [-0.2, 0) is 4.79 Å². The van der Waals surface area contributed by atoms with E-state index in [0.717, 1.165) is 0 Å². The minimum Gasteiger partial charge on any atom is -0.507 e. The van der Waals surface area contributed by atoms with Crippen molar-refractivity contribution in [1.29, 1.82) is 0 Å². The van der Waals surface area contributed by atoms with Crippen molar-refractivity contribution < 1.29 is 19.4 Å². The topological polar surface area (TPSA) is 66.8 Å². The normalized spacial score (nSPS) is 19.1. The second kappa shape index (κ2) is 4.68. The predicted octanol–water partition coefficient (Wildman–Crippen LogP) is 1.06. The van der Waals surface area contributed by atoms with Crippen LogP contribution in [0.3, 0.4) is 0 Å². The van der Waals surface area contributed by atoms with E-state index in [1.165, 1.54) is 24.1 Å². The highest BCUT2D eigenvalue weighted by Gasteiger charge is 2.36. The molecule has 1 amide bonds. The fourth-order valence-corrected chi connectivity index (χ4v) is 2.10. The summed E-state index contributed by atoms with van der Waals surface area (Å²) in [7, 11) is 3.15. The molecular formula is C13H15NO4. The molecule has 1 saturated heterocycles. The Balaban J connectivity index is 2.27. The molecule has 1 aromatic carbocycles. The van der Waals surface area contributed by atoms with Crippen LogP contribution >= 0.6 is 0 Å². The molecule has 0 aromatic heterocycles. The largest absolute Gasteiger partial charge is 0.507 e. The molecule has 5 heteroatoms. The fraction of sp³-hybridized carbons (Fsp3) is 0.385. The van der Waals surface area contributed by atoms with Gasteiger partial charge in [-0.1, -0.05) is 0 Å². The summed E-state index contributed by atoms with van der Waals surface area (Å²) in [4.78, 5) is 25.5. The third kappa shape index (κ3) is 2.03. The molecule has 0 bridgehead atoms. The average molecular weight is 249 g/mol. The number of hydrogen-bond donors (Lipinski definition) is 1. The van der Waals surface area contributed by atoms with Crippen LogP contribution in [0, 0.1) is 5.92 Å². The minimum absolute atomic E-state index is 0.151. The Labute approximate surface area is 105 Å². The maximum Gasteiger partial charge on any atom is 0.233 e. The number of phenols is 1. The number of nitrogens with zero attached hydrogens (tertiary/aromatic N) is 1. The number of aromatic hydroxyl groups is 1. The Kier molecular flexibility index (Phi) is 3.23. The molecule has 1 aliphatic heterocycles. The van der Waals surface area contributed by atoms with Crippen LogP contribution in [0.25, 0.3) is 0 Å². The molecular weight excluding hydrogens is 234 g/mol. The van der Waals surface area contributed by atoms with Crippen LogP contribution in [0.1, 0.15) is 16.8 Å². The van der Waals surface area contributed by atoms with Crippen molar-refractivity contribution >= 4 is 11.7 Å². The lowest BCUT2D eigenvalue weighted by atomic mass is 9.95. The number of carbonyl (C=O) groups excluding carboxylic acids is 2. The van der Waals surface area contributed by atoms with Gasteiger partial charge in [0.15, 0.2) is 5.78 Å². The number of benzene rings is 1. The molecule has 96 valence electrons. The van der Waals surface area contributed by atoms with Gasteiger partial charge in [0.25, 0.3) is 0 Å². The fourth-order valence-electron chi connectivity index (χ4n) is 2.10. The number of Topliss-reactive ketones (excluding diaryl/α,β-unsaturated/α-hetero) is 1. The molecule has 1 aromatic rings. The third-order valence-corrected chi connectivity index (χ3v) is 3.21. The lowest BCUT2D eigenvalue weighted by Gasteiger charge is -2.11. The summed E-state index contributed by atoms with van der Waals surface area (Å²) in [6.07, 6.45) is 0.500. The molecule has 18 heavy (non-hydrogen) atoms. The van der Waals surface area contributed by atoms with E-state index < -0.39 is 5.92 Å². The summed E-state index contributed by atoms with van der Waals surface area (Å²) >= 11 is 0. The van der Waals surface area contributed by atoms with E-state index in [1.807, 2.05) is 0 Å². The number of ether oxygens (including phenoxy) is 1. The first-order valence-electron chi connectivity index (χ1n) is 5.70. The highest BCUT2D eigenvalue weighted by atomic mass is 16.5. The van der Waals surface area contributed by atoms with Gasteiger partial charge in [0.1, 0.15) is 17.4 Å². The summed E-state index contributed by atoms with van der Waals surface area (Å²) < 4.78 is 4.95. The molecule has 1 N–H and O–H groups in total. The molecule has 0 spiro atoms. The van der Waals surface area contributed by atoms with Gasteiger partial charge < -0.3 is 14.7 Å². The molecule has 1 heterocycles. The van der Waals surface area contributed by atoms with E-state index in [2.05, 4.69) is 0 Å². The van der Waals surface area contributed by atoms with Crippen molar-refractivity contribution in [2.24, 2.45) is 5.92 Å². The quantitative estimate of drug-likeness (QED) is 0.642. The van der Waals surface area contributed by atoms with E-state index in [-0.39, 0.29) is 23.0 Å². The lowest BCUT2D eigenvalue weighted by molar-refractivity contribution is -0.128. The second-order valence-electron chi connectivity index (χ2n) is 4.35. The zero-order chi connectivity index (χ0) is 13.3. The molecule has 1 unspecified atom stereocenters. The van der Waals surface area contributed by atoms with Gasteiger partial charge in [-0.05, 0) is 18.6 Å². The summed E-state index contributed by atoms with van der Waals surface area (Å²) in [5, 5.41) is 9.78. The number of phenolic OH excluding ortho intramolecular Hbond substituents is 1. The lowest BCUT2D eigenvalue weighted by Crippen LogP contribution is -2.27. The number of amides is 1. The van der Waals surface area contributed by atoms with Gasteiger partial charge in [-0.15, -0.1) is 0 Å². The Bertz CT molecular complexity index is 498. The zero-order valence-electron chi connectivity index (χ0n) is 10.3. The van der Waals surface area contributed by atoms with Crippen molar-refractivity contribution in [2.45, 2.75) is 6.42 Å². The van der Waals surface area contributed by atoms with E-state index >= 15 is 0 Å². The molecule has 1 aliphatic rings. The monoisotopic (exact) mass is 249 g/mol. The van der Waals surface area contributed by atoms with Crippen LogP contribution in [0.15, 0.2) is 18.2 Å². The Hall–Kier alpha value is -2.04. The maximum absolute atomic E-state index is 12.2. The summed E-state index contributed by atoms with van der Waals surface area (Å²) in [6, 6.07) is 4.45. The molecule has 0 aliphatic carbocycles. The Morgan fingerprint density at radius 3 is 2.72 bits per heavy atom. The van der Waals surface area contributed by atoms with E-state index in [4.69, 9.17) is 4.74 Å². The van der Waals surface area contributed by atoms with Crippen molar-refractivity contribution in [3.05, 3.63) is 23.8 Å². The number of ketones is 1. The van der Waals surface area contributed by atoms with Crippen LogP contribution < -0.4 is 4.74 Å². The van der Waals surface area contributed by atoms with Crippen LogP contribution in [0.2, 0.25) is 0 Å². The van der Waals surface area contributed by atoms with Crippen LogP contribution in [0.4, 0.5) is 0 Å². The first-order chi connectivity index (χ1) is 8.54. The van der Waals surface area contributed by atoms with Gasteiger partial charge in [0.05, 0.1) is 12.7 Å². The summed E-state index contributed by atoms with van der Waals surface area (Å²) in [5.41, 5.74) is 0.171. The molecule has 2 rings (SSSR count). The first kappa shape index (κ1) is 12.4. The van der Waals surface area contributed by atoms with Crippen LogP contribution in [0.5, 0.6) is 11.5 Å². The number of hydrogen-bond acceptors (Lipinski definition) is 4. The molecule has 1 fully saturated rings. The number of methoxy groups -OCH3 is 1.